The van der Waals surface area contributed by atoms with Crippen LogP contribution in [0.15, 0.2) is 18.2 Å². The highest BCUT2D eigenvalue weighted by Gasteiger charge is 2.25. The zero-order valence-electron chi connectivity index (χ0n) is 7.54. The Hall–Kier alpha value is -1.22. The van der Waals surface area contributed by atoms with Crippen LogP contribution >= 0.6 is 0 Å². The van der Waals surface area contributed by atoms with Gasteiger partial charge < -0.3 is 5.11 Å². The minimum atomic E-state index is -1.74. The van der Waals surface area contributed by atoms with Crippen molar-refractivity contribution in [2.75, 3.05) is 0 Å². The van der Waals surface area contributed by atoms with E-state index in [4.69, 9.17) is 0 Å². The van der Waals surface area contributed by atoms with E-state index in [1.807, 2.05) is 0 Å². The molecule has 3 heteroatoms. The van der Waals surface area contributed by atoms with E-state index in [0.29, 0.717) is 6.29 Å². The van der Waals surface area contributed by atoms with Crippen molar-refractivity contribution in [2.24, 2.45) is 0 Å². The standard InChI is InChI=1S/C10H11FO2/c1-7-3-4-9(11)8(5-7)10(2,13)6-12/h3-6,13H,1-2H3. The largest absolute Gasteiger partial charge is 0.378 e. The summed E-state index contributed by atoms with van der Waals surface area (Å²) >= 11 is 0. The van der Waals surface area contributed by atoms with Crippen molar-refractivity contribution in [1.82, 2.24) is 0 Å². The van der Waals surface area contributed by atoms with E-state index < -0.39 is 11.4 Å². The van der Waals surface area contributed by atoms with Crippen molar-refractivity contribution >= 4 is 6.29 Å². The Bertz CT molecular complexity index is 332. The lowest BCUT2D eigenvalue weighted by Gasteiger charge is -2.17. The van der Waals surface area contributed by atoms with Crippen molar-refractivity contribution in [3.8, 4) is 0 Å². The predicted molar refractivity (Wildman–Crippen MR) is 46.8 cm³/mol. The molecule has 0 heterocycles. The summed E-state index contributed by atoms with van der Waals surface area (Å²) in [5, 5.41) is 9.49. The second kappa shape index (κ2) is 3.26. The Balaban J connectivity index is 3.28. The van der Waals surface area contributed by atoms with Crippen molar-refractivity contribution in [1.29, 1.82) is 0 Å². The highest BCUT2D eigenvalue weighted by atomic mass is 19.1. The Kier molecular flexibility index (Phi) is 2.48. The van der Waals surface area contributed by atoms with Crippen molar-refractivity contribution < 1.29 is 14.3 Å². The molecule has 2 nitrogen and oxygen atoms in total. The molecule has 0 spiro atoms. The van der Waals surface area contributed by atoms with Crippen LogP contribution in [0.1, 0.15) is 18.1 Å². The molecule has 0 saturated carbocycles. The predicted octanol–water partition coefficient (Wildman–Crippen LogP) is 1.54. The average Bonchev–Trinajstić information content (AvgIpc) is 2.09. The van der Waals surface area contributed by atoms with Gasteiger partial charge in [0.15, 0.2) is 6.29 Å². The van der Waals surface area contributed by atoms with E-state index in [9.17, 15) is 14.3 Å². The SMILES string of the molecule is Cc1ccc(F)c(C(C)(O)C=O)c1. The topological polar surface area (TPSA) is 37.3 Å². The highest BCUT2D eigenvalue weighted by Crippen LogP contribution is 2.22. The molecule has 0 aliphatic carbocycles. The van der Waals surface area contributed by atoms with Crippen LogP contribution in [0.4, 0.5) is 4.39 Å². The summed E-state index contributed by atoms with van der Waals surface area (Å²) in [6, 6.07) is 4.28. The van der Waals surface area contributed by atoms with Gasteiger partial charge in [0.2, 0.25) is 0 Å². The van der Waals surface area contributed by atoms with Gasteiger partial charge in [0.25, 0.3) is 0 Å². The van der Waals surface area contributed by atoms with Gasteiger partial charge in [-0.3, -0.25) is 4.79 Å². The Morgan fingerprint density at radius 3 is 2.69 bits per heavy atom. The van der Waals surface area contributed by atoms with Gasteiger partial charge in [-0.25, -0.2) is 4.39 Å². The summed E-state index contributed by atoms with van der Waals surface area (Å²) in [5.74, 6) is -0.567. The normalized spacial score (nSPS) is 15.1. The fraction of sp³-hybridized carbons (Fsp3) is 0.300. The van der Waals surface area contributed by atoms with E-state index >= 15 is 0 Å². The Morgan fingerprint density at radius 1 is 1.54 bits per heavy atom. The molecular weight excluding hydrogens is 171 g/mol. The maximum atomic E-state index is 13.1. The molecule has 0 aromatic heterocycles. The zero-order valence-corrected chi connectivity index (χ0v) is 7.54. The smallest absolute Gasteiger partial charge is 0.155 e. The van der Waals surface area contributed by atoms with E-state index in [1.54, 1.807) is 13.0 Å². The molecule has 1 N–H and O–H groups in total. The zero-order chi connectivity index (χ0) is 10.1. The maximum Gasteiger partial charge on any atom is 0.155 e. The molecular formula is C10H11FO2. The van der Waals surface area contributed by atoms with E-state index in [0.717, 1.165) is 5.56 Å². The summed E-state index contributed by atoms with van der Waals surface area (Å²) in [7, 11) is 0. The number of hydrogen-bond acceptors (Lipinski definition) is 2. The molecule has 1 unspecified atom stereocenters. The lowest BCUT2D eigenvalue weighted by Crippen LogP contribution is -2.24. The lowest BCUT2D eigenvalue weighted by molar-refractivity contribution is -0.123. The van der Waals surface area contributed by atoms with Gasteiger partial charge >= 0.3 is 0 Å². The van der Waals surface area contributed by atoms with Gasteiger partial charge in [0, 0.05) is 5.56 Å². The van der Waals surface area contributed by atoms with Gasteiger partial charge in [0.05, 0.1) is 0 Å². The highest BCUT2D eigenvalue weighted by molar-refractivity contribution is 5.65. The quantitative estimate of drug-likeness (QED) is 0.704. The van der Waals surface area contributed by atoms with Crippen LogP contribution in [0.3, 0.4) is 0 Å². The number of rotatable bonds is 2. The summed E-state index contributed by atoms with van der Waals surface area (Å²) in [6.07, 6.45) is 0.324. The van der Waals surface area contributed by atoms with Gasteiger partial charge in [0.1, 0.15) is 11.4 Å². The molecule has 0 saturated heterocycles. The average molecular weight is 182 g/mol. The molecule has 0 aliphatic rings. The number of halogens is 1. The minimum absolute atomic E-state index is 0.0162. The third-order valence-corrected chi connectivity index (χ3v) is 1.90. The second-order valence-corrected chi connectivity index (χ2v) is 3.25. The van der Waals surface area contributed by atoms with Gasteiger partial charge in [-0.1, -0.05) is 11.6 Å². The number of aryl methyl sites for hydroxylation is 1. The molecule has 1 aromatic carbocycles. The minimum Gasteiger partial charge on any atom is -0.378 e. The van der Waals surface area contributed by atoms with Crippen LogP contribution in [0.5, 0.6) is 0 Å². The summed E-state index contributed by atoms with van der Waals surface area (Å²) < 4.78 is 13.1. The number of aldehydes is 1. The van der Waals surface area contributed by atoms with Crippen molar-refractivity contribution in [3.05, 3.63) is 35.1 Å². The maximum absolute atomic E-state index is 13.1. The van der Waals surface area contributed by atoms with Crippen LogP contribution in [0.25, 0.3) is 0 Å². The third kappa shape index (κ3) is 1.92. The summed E-state index contributed by atoms with van der Waals surface area (Å²) in [6.45, 7) is 3.03. The number of aliphatic hydroxyl groups is 1. The molecule has 0 aliphatic heterocycles. The lowest BCUT2D eigenvalue weighted by atomic mass is 9.96. The Morgan fingerprint density at radius 2 is 2.15 bits per heavy atom. The van der Waals surface area contributed by atoms with Crippen LogP contribution in [-0.2, 0) is 10.4 Å². The van der Waals surface area contributed by atoms with Crippen LogP contribution in [-0.4, -0.2) is 11.4 Å². The fourth-order valence-corrected chi connectivity index (χ4v) is 1.09. The van der Waals surface area contributed by atoms with Crippen LogP contribution in [0.2, 0.25) is 0 Å². The summed E-state index contributed by atoms with van der Waals surface area (Å²) in [4.78, 5) is 10.5. The first-order valence-electron chi connectivity index (χ1n) is 3.93. The van der Waals surface area contributed by atoms with Crippen LogP contribution in [0, 0.1) is 12.7 Å². The first-order chi connectivity index (χ1) is 5.97. The number of carbonyl (C=O) groups excluding carboxylic acids is 1. The molecule has 0 radical (unpaired) electrons. The van der Waals surface area contributed by atoms with Crippen molar-refractivity contribution in [3.63, 3.8) is 0 Å². The van der Waals surface area contributed by atoms with Gasteiger partial charge in [-0.2, -0.15) is 0 Å². The van der Waals surface area contributed by atoms with E-state index in [-0.39, 0.29) is 5.56 Å². The van der Waals surface area contributed by atoms with Crippen molar-refractivity contribution in [2.45, 2.75) is 19.4 Å². The summed E-state index contributed by atoms with van der Waals surface area (Å²) in [5.41, 5.74) is -0.920. The molecule has 70 valence electrons. The van der Waals surface area contributed by atoms with Gasteiger partial charge in [-0.15, -0.1) is 0 Å². The first-order valence-corrected chi connectivity index (χ1v) is 3.93. The number of hydrogen-bond donors (Lipinski definition) is 1. The molecule has 13 heavy (non-hydrogen) atoms. The monoisotopic (exact) mass is 182 g/mol. The Labute approximate surface area is 76.0 Å². The molecule has 0 bridgehead atoms. The van der Waals surface area contributed by atoms with Crippen LogP contribution < -0.4 is 0 Å². The van der Waals surface area contributed by atoms with E-state index in [1.165, 1.54) is 19.1 Å². The molecule has 1 atom stereocenters. The molecule has 1 aromatic rings. The number of benzene rings is 1. The molecule has 0 fully saturated rings. The molecule has 0 amide bonds. The fourth-order valence-electron chi connectivity index (χ4n) is 1.09. The van der Waals surface area contributed by atoms with E-state index in [2.05, 4.69) is 0 Å². The first kappa shape index (κ1) is 9.86. The molecule has 1 rings (SSSR count). The van der Waals surface area contributed by atoms with Gasteiger partial charge in [-0.05, 0) is 26.0 Å². The second-order valence-electron chi connectivity index (χ2n) is 3.25. The number of carbonyl (C=O) groups is 1. The third-order valence-electron chi connectivity index (χ3n) is 1.90.